The van der Waals surface area contributed by atoms with Gasteiger partial charge in [-0.3, -0.25) is 4.79 Å². The number of hydrogen-bond donors (Lipinski definition) is 2. The van der Waals surface area contributed by atoms with Gasteiger partial charge in [0.15, 0.2) is 0 Å². The lowest BCUT2D eigenvalue weighted by molar-refractivity contribution is 0.0939. The largest absolute Gasteiger partial charge is 0.497 e. The van der Waals surface area contributed by atoms with Crippen molar-refractivity contribution in [3.63, 3.8) is 0 Å². The Kier molecular flexibility index (Phi) is 5.98. The molecule has 0 aliphatic carbocycles. The Balaban J connectivity index is 1.78. The van der Waals surface area contributed by atoms with E-state index in [1.54, 1.807) is 19.2 Å². The first kappa shape index (κ1) is 16.0. The molecule has 0 aliphatic heterocycles. The maximum absolute atomic E-state index is 12.2. The summed E-state index contributed by atoms with van der Waals surface area (Å²) in [6.07, 6.45) is 0. The van der Waals surface area contributed by atoms with Crippen molar-refractivity contribution in [1.82, 2.24) is 10.6 Å². The number of carbonyl (C=O) groups is 1. The van der Waals surface area contributed by atoms with Crippen LogP contribution in [0.4, 0.5) is 0 Å². The van der Waals surface area contributed by atoms with Gasteiger partial charge in [-0.05, 0) is 30.7 Å². The molecular weight excluding hydrogens is 276 g/mol. The standard InChI is InChI=1S/C18H22N2O2/c1-14(12-19-13-15-7-4-3-5-8-15)20-18(21)16-9-6-10-17(11-16)22-2/h3-11,14,19H,12-13H2,1-2H3,(H,20,21). The summed E-state index contributed by atoms with van der Waals surface area (Å²) in [6.45, 7) is 3.49. The predicted octanol–water partition coefficient (Wildman–Crippen LogP) is 2.60. The number of benzene rings is 2. The highest BCUT2D eigenvalue weighted by molar-refractivity contribution is 5.94. The molecule has 1 unspecified atom stereocenters. The van der Waals surface area contributed by atoms with Gasteiger partial charge in [0.25, 0.3) is 5.91 Å². The molecule has 0 aliphatic rings. The smallest absolute Gasteiger partial charge is 0.251 e. The summed E-state index contributed by atoms with van der Waals surface area (Å²) >= 11 is 0. The van der Waals surface area contributed by atoms with Gasteiger partial charge in [-0.1, -0.05) is 36.4 Å². The van der Waals surface area contributed by atoms with Crippen molar-refractivity contribution < 1.29 is 9.53 Å². The SMILES string of the molecule is COc1cccc(C(=O)NC(C)CNCc2ccccc2)c1. The average molecular weight is 298 g/mol. The summed E-state index contributed by atoms with van der Waals surface area (Å²) in [5.41, 5.74) is 1.84. The minimum absolute atomic E-state index is 0.0439. The molecule has 0 saturated carbocycles. The van der Waals surface area contributed by atoms with Crippen LogP contribution in [0.15, 0.2) is 54.6 Å². The lowest BCUT2D eigenvalue weighted by Crippen LogP contribution is -2.39. The molecule has 0 aromatic heterocycles. The molecule has 0 radical (unpaired) electrons. The number of ether oxygens (including phenoxy) is 1. The zero-order valence-electron chi connectivity index (χ0n) is 13.0. The highest BCUT2D eigenvalue weighted by Gasteiger charge is 2.10. The molecule has 1 atom stereocenters. The molecule has 0 saturated heterocycles. The first-order valence-electron chi connectivity index (χ1n) is 7.38. The van der Waals surface area contributed by atoms with Crippen LogP contribution in [0.1, 0.15) is 22.8 Å². The number of hydrogen-bond acceptors (Lipinski definition) is 3. The van der Waals surface area contributed by atoms with Crippen molar-refractivity contribution in [2.45, 2.75) is 19.5 Å². The lowest BCUT2D eigenvalue weighted by Gasteiger charge is -2.15. The van der Waals surface area contributed by atoms with Crippen LogP contribution in [0.25, 0.3) is 0 Å². The molecule has 4 heteroatoms. The van der Waals surface area contributed by atoms with Crippen LogP contribution in [0.3, 0.4) is 0 Å². The summed E-state index contributed by atoms with van der Waals surface area (Å²) < 4.78 is 5.13. The fourth-order valence-electron chi connectivity index (χ4n) is 2.15. The molecule has 2 aromatic rings. The summed E-state index contributed by atoms with van der Waals surface area (Å²) in [5.74, 6) is 0.593. The molecule has 4 nitrogen and oxygen atoms in total. The van der Waals surface area contributed by atoms with Crippen molar-refractivity contribution in [1.29, 1.82) is 0 Å². The van der Waals surface area contributed by atoms with E-state index in [2.05, 4.69) is 22.8 Å². The van der Waals surface area contributed by atoms with Crippen LogP contribution < -0.4 is 15.4 Å². The van der Waals surface area contributed by atoms with E-state index < -0.39 is 0 Å². The second-order valence-electron chi connectivity index (χ2n) is 5.22. The van der Waals surface area contributed by atoms with E-state index in [1.807, 2.05) is 37.3 Å². The van der Waals surface area contributed by atoms with Crippen molar-refractivity contribution in [2.75, 3.05) is 13.7 Å². The molecule has 2 N–H and O–H groups in total. The molecule has 116 valence electrons. The molecule has 1 amide bonds. The Bertz CT molecular complexity index is 599. The number of nitrogens with one attached hydrogen (secondary N) is 2. The van der Waals surface area contributed by atoms with E-state index in [0.717, 1.165) is 6.54 Å². The van der Waals surface area contributed by atoms with Crippen LogP contribution in [0, 0.1) is 0 Å². The molecule has 0 bridgehead atoms. The third kappa shape index (κ3) is 4.90. The molecule has 0 fully saturated rings. The van der Waals surface area contributed by atoms with Gasteiger partial charge >= 0.3 is 0 Å². The maximum atomic E-state index is 12.2. The zero-order chi connectivity index (χ0) is 15.8. The van der Waals surface area contributed by atoms with Crippen LogP contribution in [0.2, 0.25) is 0 Å². The summed E-state index contributed by atoms with van der Waals surface area (Å²) in [7, 11) is 1.59. The van der Waals surface area contributed by atoms with E-state index in [1.165, 1.54) is 5.56 Å². The Morgan fingerprint density at radius 3 is 2.64 bits per heavy atom. The topological polar surface area (TPSA) is 50.4 Å². The van der Waals surface area contributed by atoms with Crippen molar-refractivity contribution in [3.05, 3.63) is 65.7 Å². The number of methoxy groups -OCH3 is 1. The average Bonchev–Trinajstić information content (AvgIpc) is 2.56. The summed E-state index contributed by atoms with van der Waals surface area (Å²) in [4.78, 5) is 12.2. The summed E-state index contributed by atoms with van der Waals surface area (Å²) in [5, 5.41) is 6.32. The first-order valence-corrected chi connectivity index (χ1v) is 7.38. The third-order valence-electron chi connectivity index (χ3n) is 3.33. The third-order valence-corrected chi connectivity index (χ3v) is 3.33. The van der Waals surface area contributed by atoms with E-state index in [0.29, 0.717) is 17.9 Å². The van der Waals surface area contributed by atoms with Gasteiger partial charge in [-0.2, -0.15) is 0 Å². The van der Waals surface area contributed by atoms with Gasteiger partial charge in [0.1, 0.15) is 5.75 Å². The number of rotatable bonds is 7. The Labute approximate surface area is 131 Å². The minimum Gasteiger partial charge on any atom is -0.497 e. The fraction of sp³-hybridized carbons (Fsp3) is 0.278. The van der Waals surface area contributed by atoms with E-state index >= 15 is 0 Å². The molecule has 22 heavy (non-hydrogen) atoms. The van der Waals surface area contributed by atoms with Crippen LogP contribution in [-0.2, 0) is 6.54 Å². The van der Waals surface area contributed by atoms with Crippen LogP contribution in [0.5, 0.6) is 5.75 Å². The van der Waals surface area contributed by atoms with Crippen molar-refractivity contribution >= 4 is 5.91 Å². The molecule has 2 aromatic carbocycles. The summed E-state index contributed by atoms with van der Waals surface area (Å²) in [6, 6.07) is 17.4. The quantitative estimate of drug-likeness (QED) is 0.826. The number of amides is 1. The van der Waals surface area contributed by atoms with Gasteiger partial charge in [0, 0.05) is 24.7 Å². The Morgan fingerprint density at radius 1 is 1.14 bits per heavy atom. The van der Waals surface area contributed by atoms with Gasteiger partial charge in [0.2, 0.25) is 0 Å². The first-order chi connectivity index (χ1) is 10.7. The predicted molar refractivity (Wildman–Crippen MR) is 88.1 cm³/mol. The van der Waals surface area contributed by atoms with Crippen molar-refractivity contribution in [3.8, 4) is 5.75 Å². The highest BCUT2D eigenvalue weighted by Crippen LogP contribution is 2.12. The Hall–Kier alpha value is -2.33. The zero-order valence-corrected chi connectivity index (χ0v) is 13.0. The van der Waals surface area contributed by atoms with E-state index in [9.17, 15) is 4.79 Å². The van der Waals surface area contributed by atoms with E-state index in [4.69, 9.17) is 4.74 Å². The second-order valence-corrected chi connectivity index (χ2v) is 5.22. The molecular formula is C18H22N2O2. The minimum atomic E-state index is -0.0899. The van der Waals surface area contributed by atoms with Gasteiger partial charge in [-0.25, -0.2) is 0 Å². The van der Waals surface area contributed by atoms with Gasteiger partial charge in [0.05, 0.1) is 7.11 Å². The second kappa shape index (κ2) is 8.20. The highest BCUT2D eigenvalue weighted by atomic mass is 16.5. The molecule has 2 rings (SSSR count). The lowest BCUT2D eigenvalue weighted by atomic mass is 10.2. The normalized spacial score (nSPS) is 11.7. The molecule has 0 spiro atoms. The van der Waals surface area contributed by atoms with E-state index in [-0.39, 0.29) is 11.9 Å². The fourth-order valence-corrected chi connectivity index (χ4v) is 2.15. The number of carbonyl (C=O) groups excluding carboxylic acids is 1. The van der Waals surface area contributed by atoms with Crippen LogP contribution in [-0.4, -0.2) is 25.6 Å². The van der Waals surface area contributed by atoms with Gasteiger partial charge < -0.3 is 15.4 Å². The molecule has 0 heterocycles. The van der Waals surface area contributed by atoms with Crippen LogP contribution >= 0.6 is 0 Å². The maximum Gasteiger partial charge on any atom is 0.251 e. The van der Waals surface area contributed by atoms with Gasteiger partial charge in [-0.15, -0.1) is 0 Å². The monoisotopic (exact) mass is 298 g/mol. The Morgan fingerprint density at radius 2 is 1.91 bits per heavy atom. The van der Waals surface area contributed by atoms with Crippen molar-refractivity contribution in [2.24, 2.45) is 0 Å².